The summed E-state index contributed by atoms with van der Waals surface area (Å²) in [5, 5.41) is 3.90. The molecule has 7 nitrogen and oxygen atoms in total. The van der Waals surface area contributed by atoms with Crippen LogP contribution in [0.2, 0.25) is 10.0 Å². The first kappa shape index (κ1) is 34.5. The smallest absolute Gasteiger partial charge is 0.264 e. The summed E-state index contributed by atoms with van der Waals surface area (Å²) in [6, 6.07) is 28.7. The summed E-state index contributed by atoms with van der Waals surface area (Å²) < 4.78 is 29.4. The van der Waals surface area contributed by atoms with Crippen LogP contribution in [-0.4, -0.2) is 43.8 Å². The van der Waals surface area contributed by atoms with E-state index in [2.05, 4.69) is 5.32 Å². The number of carbonyl (C=O) groups excluding carboxylic acids is 2. The highest BCUT2D eigenvalue weighted by molar-refractivity contribution is 7.92. The molecule has 0 aliphatic heterocycles. The van der Waals surface area contributed by atoms with Gasteiger partial charge in [-0.05, 0) is 72.9 Å². The lowest BCUT2D eigenvalue weighted by molar-refractivity contribution is -0.140. The van der Waals surface area contributed by atoms with E-state index in [9.17, 15) is 18.0 Å². The van der Waals surface area contributed by atoms with E-state index in [0.29, 0.717) is 21.3 Å². The van der Waals surface area contributed by atoms with E-state index in [0.717, 1.165) is 47.5 Å². The largest absolute Gasteiger partial charge is 0.352 e. The van der Waals surface area contributed by atoms with Crippen molar-refractivity contribution >= 4 is 50.7 Å². The number of nitrogens with one attached hydrogen (secondary N) is 1. The number of anilines is 1. The first-order valence-electron chi connectivity index (χ1n) is 15.8. The number of rotatable bonds is 12. The SMILES string of the molecule is Cc1cccc(N(CC(=O)N(Cc2ccc(Cl)c(Cl)c2)[C@H](Cc2ccccc2)C(=O)NC2CCCCC2)S(=O)(=O)c2ccccc2)c1. The molecule has 5 rings (SSSR count). The Labute approximate surface area is 287 Å². The maximum Gasteiger partial charge on any atom is 0.264 e. The van der Waals surface area contributed by atoms with Crippen LogP contribution in [0, 0.1) is 6.92 Å². The van der Waals surface area contributed by atoms with Crippen LogP contribution in [0.4, 0.5) is 5.69 Å². The molecule has 1 saturated carbocycles. The molecule has 47 heavy (non-hydrogen) atoms. The van der Waals surface area contributed by atoms with Crippen LogP contribution in [0.1, 0.15) is 48.8 Å². The van der Waals surface area contributed by atoms with Gasteiger partial charge in [-0.15, -0.1) is 0 Å². The second-order valence-corrected chi connectivity index (χ2v) is 14.7. The number of sulfonamides is 1. The molecule has 4 aromatic carbocycles. The number of benzene rings is 4. The monoisotopic (exact) mass is 691 g/mol. The number of nitrogens with zero attached hydrogens (tertiary/aromatic N) is 2. The highest BCUT2D eigenvalue weighted by atomic mass is 35.5. The summed E-state index contributed by atoms with van der Waals surface area (Å²) in [7, 11) is -4.17. The van der Waals surface area contributed by atoms with Crippen LogP contribution in [-0.2, 0) is 32.6 Å². The van der Waals surface area contributed by atoms with Crippen LogP contribution in [0.15, 0.2) is 108 Å². The van der Waals surface area contributed by atoms with Gasteiger partial charge in [-0.1, -0.05) is 109 Å². The molecule has 1 atom stereocenters. The standard InChI is InChI=1S/C37H39Cl2N3O4S/c1-27-12-11-17-31(22-27)42(47(45,46)32-18-9-4-10-19-32)26-36(43)41(25-29-20-21-33(38)34(39)23-29)35(24-28-13-5-2-6-14-28)37(44)40-30-15-7-3-8-16-30/h2,4-6,9-14,17-23,30,35H,3,7-8,15-16,24-26H2,1H3,(H,40,44)/t35-/m1/s1. The quantitative estimate of drug-likeness (QED) is 0.166. The number of hydrogen-bond donors (Lipinski definition) is 1. The number of halogens is 2. The van der Waals surface area contributed by atoms with Gasteiger partial charge in [0.05, 0.1) is 20.6 Å². The van der Waals surface area contributed by atoms with Gasteiger partial charge in [-0.25, -0.2) is 8.42 Å². The summed E-state index contributed by atoms with van der Waals surface area (Å²) in [6.45, 7) is 1.35. The molecule has 10 heteroatoms. The van der Waals surface area contributed by atoms with Crippen molar-refractivity contribution in [3.05, 3.63) is 130 Å². The van der Waals surface area contributed by atoms with Gasteiger partial charge >= 0.3 is 0 Å². The molecule has 0 unspecified atom stereocenters. The van der Waals surface area contributed by atoms with E-state index in [1.165, 1.54) is 17.0 Å². The third-order valence-corrected chi connectivity index (χ3v) is 11.0. The van der Waals surface area contributed by atoms with Crippen molar-refractivity contribution < 1.29 is 18.0 Å². The zero-order chi connectivity index (χ0) is 33.4. The molecule has 0 spiro atoms. The van der Waals surface area contributed by atoms with Gasteiger partial charge < -0.3 is 10.2 Å². The highest BCUT2D eigenvalue weighted by Crippen LogP contribution is 2.28. The highest BCUT2D eigenvalue weighted by Gasteiger charge is 2.35. The Morgan fingerprint density at radius 2 is 1.49 bits per heavy atom. The maximum absolute atomic E-state index is 14.7. The van der Waals surface area contributed by atoms with Gasteiger partial charge in [0.15, 0.2) is 0 Å². The maximum atomic E-state index is 14.7. The predicted molar refractivity (Wildman–Crippen MR) is 188 cm³/mol. The fourth-order valence-electron chi connectivity index (χ4n) is 5.96. The summed E-state index contributed by atoms with van der Waals surface area (Å²) in [5.41, 5.74) is 2.72. The fourth-order valence-corrected chi connectivity index (χ4v) is 7.71. The van der Waals surface area contributed by atoms with Gasteiger partial charge in [-0.3, -0.25) is 13.9 Å². The molecule has 0 radical (unpaired) electrons. The molecule has 4 aromatic rings. The second-order valence-electron chi connectivity index (χ2n) is 12.0. The lowest BCUT2D eigenvalue weighted by Gasteiger charge is -2.35. The molecular formula is C37H39Cl2N3O4S. The van der Waals surface area contributed by atoms with Crippen LogP contribution < -0.4 is 9.62 Å². The normalized spacial score (nSPS) is 14.3. The Balaban J connectivity index is 1.57. The van der Waals surface area contributed by atoms with Gasteiger partial charge in [0.1, 0.15) is 12.6 Å². The van der Waals surface area contributed by atoms with Crippen LogP contribution in [0.5, 0.6) is 0 Å². The van der Waals surface area contributed by atoms with Crippen LogP contribution in [0.3, 0.4) is 0 Å². The first-order chi connectivity index (χ1) is 22.6. The molecule has 1 N–H and O–H groups in total. The molecule has 0 aromatic heterocycles. The third kappa shape index (κ3) is 8.95. The Morgan fingerprint density at radius 1 is 0.809 bits per heavy atom. The van der Waals surface area contributed by atoms with Crippen molar-refractivity contribution in [1.82, 2.24) is 10.2 Å². The first-order valence-corrected chi connectivity index (χ1v) is 18.0. The molecule has 1 aliphatic carbocycles. The summed E-state index contributed by atoms with van der Waals surface area (Å²) >= 11 is 12.6. The Bertz CT molecular complexity index is 1780. The molecule has 0 bridgehead atoms. The van der Waals surface area contributed by atoms with Crippen molar-refractivity contribution in [2.24, 2.45) is 0 Å². The van der Waals surface area contributed by atoms with Gasteiger partial charge in [0.25, 0.3) is 10.0 Å². The van der Waals surface area contributed by atoms with Gasteiger partial charge in [0.2, 0.25) is 11.8 Å². The fraction of sp³-hybridized carbons (Fsp3) is 0.297. The number of amides is 2. The van der Waals surface area contributed by atoms with E-state index in [4.69, 9.17) is 23.2 Å². The molecule has 0 saturated heterocycles. The number of carbonyl (C=O) groups is 2. The Morgan fingerprint density at radius 3 is 2.15 bits per heavy atom. The topological polar surface area (TPSA) is 86.8 Å². The predicted octanol–water partition coefficient (Wildman–Crippen LogP) is 7.59. The van der Waals surface area contributed by atoms with Crippen molar-refractivity contribution in [2.45, 2.75) is 69.0 Å². The Kier molecular flexibility index (Phi) is 11.6. The van der Waals surface area contributed by atoms with E-state index < -0.39 is 28.5 Å². The minimum absolute atomic E-state index is 0.0123. The van der Waals surface area contributed by atoms with Gasteiger partial charge in [0, 0.05) is 19.0 Å². The lowest BCUT2D eigenvalue weighted by Crippen LogP contribution is -2.55. The average Bonchev–Trinajstić information content (AvgIpc) is 3.08. The van der Waals surface area contributed by atoms with E-state index >= 15 is 0 Å². The van der Waals surface area contributed by atoms with E-state index in [1.807, 2.05) is 43.3 Å². The molecular weight excluding hydrogens is 653 g/mol. The second kappa shape index (κ2) is 15.8. The zero-order valence-corrected chi connectivity index (χ0v) is 28.6. The summed E-state index contributed by atoms with van der Waals surface area (Å²) in [4.78, 5) is 30.4. The van der Waals surface area contributed by atoms with Crippen molar-refractivity contribution in [3.8, 4) is 0 Å². The molecule has 246 valence electrons. The Hall–Kier alpha value is -3.85. The number of aryl methyl sites for hydroxylation is 1. The van der Waals surface area contributed by atoms with E-state index in [-0.39, 0.29) is 29.8 Å². The molecule has 1 fully saturated rings. The number of hydrogen-bond acceptors (Lipinski definition) is 4. The molecule has 0 heterocycles. The van der Waals surface area contributed by atoms with Crippen molar-refractivity contribution in [2.75, 3.05) is 10.8 Å². The molecule has 1 aliphatic rings. The minimum Gasteiger partial charge on any atom is -0.352 e. The van der Waals surface area contributed by atoms with Crippen LogP contribution in [0.25, 0.3) is 0 Å². The van der Waals surface area contributed by atoms with Crippen molar-refractivity contribution in [1.29, 1.82) is 0 Å². The lowest BCUT2D eigenvalue weighted by atomic mass is 9.94. The van der Waals surface area contributed by atoms with Crippen LogP contribution >= 0.6 is 23.2 Å². The average molecular weight is 693 g/mol. The molecule has 2 amide bonds. The minimum atomic E-state index is -4.17. The van der Waals surface area contributed by atoms with E-state index in [1.54, 1.807) is 54.6 Å². The summed E-state index contributed by atoms with van der Waals surface area (Å²) in [6.07, 6.45) is 5.18. The van der Waals surface area contributed by atoms with Gasteiger partial charge in [-0.2, -0.15) is 0 Å². The zero-order valence-electron chi connectivity index (χ0n) is 26.3. The third-order valence-electron chi connectivity index (χ3n) is 8.46. The summed E-state index contributed by atoms with van der Waals surface area (Å²) in [5.74, 6) is -0.806. The van der Waals surface area contributed by atoms with Crippen molar-refractivity contribution in [3.63, 3.8) is 0 Å².